The van der Waals surface area contributed by atoms with Crippen LogP contribution in [0, 0.1) is 18.3 Å². The van der Waals surface area contributed by atoms with E-state index in [0.717, 1.165) is 5.56 Å². The van der Waals surface area contributed by atoms with E-state index in [0.29, 0.717) is 32.5 Å². The third-order valence-electron chi connectivity index (χ3n) is 3.91. The maximum atomic E-state index is 13.2. The van der Waals surface area contributed by atoms with Crippen molar-refractivity contribution in [2.75, 3.05) is 7.11 Å². The minimum atomic E-state index is -0.367. The molecule has 0 N–H and O–H groups in total. The van der Waals surface area contributed by atoms with Crippen molar-refractivity contribution >= 4 is 34.3 Å². The van der Waals surface area contributed by atoms with Crippen LogP contribution in [0.3, 0.4) is 0 Å². The van der Waals surface area contributed by atoms with Gasteiger partial charge in [0.15, 0.2) is 5.16 Å². The van der Waals surface area contributed by atoms with Gasteiger partial charge in [0.05, 0.1) is 35.0 Å². The van der Waals surface area contributed by atoms with E-state index in [4.69, 9.17) is 16.3 Å². The van der Waals surface area contributed by atoms with Crippen LogP contribution in [0.15, 0.2) is 46.3 Å². The van der Waals surface area contributed by atoms with Gasteiger partial charge in [-0.25, -0.2) is 4.98 Å². The lowest BCUT2D eigenvalue weighted by molar-refractivity contribution is 0.411. The highest BCUT2D eigenvalue weighted by Gasteiger charge is 2.19. The van der Waals surface area contributed by atoms with Crippen LogP contribution in [0.4, 0.5) is 0 Å². The molecule has 0 amide bonds. The third-order valence-corrected chi connectivity index (χ3v) is 5.26. The van der Waals surface area contributed by atoms with E-state index in [1.165, 1.54) is 23.4 Å². The number of hydrogen-bond donors (Lipinski definition) is 0. The normalized spacial score (nSPS) is 12.0. The van der Waals surface area contributed by atoms with Crippen molar-refractivity contribution in [1.29, 1.82) is 5.26 Å². The van der Waals surface area contributed by atoms with Gasteiger partial charge in [0.25, 0.3) is 5.56 Å². The molecule has 3 aromatic rings. The number of thioether (sulfide) groups is 1. The van der Waals surface area contributed by atoms with Gasteiger partial charge >= 0.3 is 0 Å². The molecule has 0 bridgehead atoms. The fourth-order valence-corrected chi connectivity index (χ4v) is 3.53. The summed E-state index contributed by atoms with van der Waals surface area (Å²) in [7, 11) is 1.52. The molecule has 0 saturated carbocycles. The number of halogens is 1. The lowest BCUT2D eigenvalue weighted by Crippen LogP contribution is -2.23. The van der Waals surface area contributed by atoms with Crippen molar-refractivity contribution in [1.82, 2.24) is 9.55 Å². The molecule has 0 unspecified atom stereocenters. The summed E-state index contributed by atoms with van der Waals surface area (Å²) in [6.45, 7) is 3.62. The summed E-state index contributed by atoms with van der Waals surface area (Å²) in [5, 5.41) is 10.3. The van der Waals surface area contributed by atoms with Gasteiger partial charge in [-0.1, -0.05) is 35.5 Å². The van der Waals surface area contributed by atoms with Crippen molar-refractivity contribution in [3.05, 3.63) is 57.3 Å². The van der Waals surface area contributed by atoms with Crippen LogP contribution in [0.2, 0.25) is 5.02 Å². The Balaban J connectivity index is 2.39. The first-order valence-electron chi connectivity index (χ1n) is 7.89. The molecule has 7 heteroatoms. The second-order valence-corrected chi connectivity index (χ2v) is 7.43. The third kappa shape index (κ3) is 3.28. The summed E-state index contributed by atoms with van der Waals surface area (Å²) < 4.78 is 6.93. The topological polar surface area (TPSA) is 67.9 Å². The summed E-state index contributed by atoms with van der Waals surface area (Å²) in [4.78, 5) is 17.8. The Morgan fingerprint density at radius 3 is 2.77 bits per heavy atom. The number of rotatable bonds is 4. The molecule has 0 aliphatic heterocycles. The molecule has 0 fully saturated rings. The molecule has 26 heavy (non-hydrogen) atoms. The molecule has 0 spiro atoms. The van der Waals surface area contributed by atoms with Crippen molar-refractivity contribution in [3.8, 4) is 17.5 Å². The van der Waals surface area contributed by atoms with Gasteiger partial charge in [0.2, 0.25) is 0 Å². The lowest BCUT2D eigenvalue weighted by atomic mass is 10.2. The van der Waals surface area contributed by atoms with Crippen LogP contribution in [0.25, 0.3) is 16.6 Å². The van der Waals surface area contributed by atoms with E-state index >= 15 is 0 Å². The summed E-state index contributed by atoms with van der Waals surface area (Å²) in [5.74, 6) is 0.464. The largest absolute Gasteiger partial charge is 0.495 e. The predicted octanol–water partition coefficient (Wildman–Crippen LogP) is 4.36. The molecule has 1 atom stereocenters. The highest BCUT2D eigenvalue weighted by atomic mass is 35.5. The van der Waals surface area contributed by atoms with Gasteiger partial charge in [-0.3, -0.25) is 9.36 Å². The summed E-state index contributed by atoms with van der Waals surface area (Å²) in [5.41, 5.74) is 1.73. The fourth-order valence-electron chi connectivity index (χ4n) is 2.57. The van der Waals surface area contributed by atoms with Crippen LogP contribution in [0.1, 0.15) is 12.5 Å². The average Bonchev–Trinajstić information content (AvgIpc) is 2.64. The molecule has 1 heterocycles. The average molecular weight is 386 g/mol. The van der Waals surface area contributed by atoms with Crippen LogP contribution in [0.5, 0.6) is 5.75 Å². The van der Waals surface area contributed by atoms with E-state index in [9.17, 15) is 10.1 Å². The maximum absolute atomic E-state index is 13.2. The minimum absolute atomic E-state index is 0.219. The molecule has 3 rings (SSSR count). The van der Waals surface area contributed by atoms with Gasteiger partial charge in [-0.2, -0.15) is 5.26 Å². The molecule has 0 radical (unpaired) electrons. The number of nitrogens with zero attached hydrogens (tertiary/aromatic N) is 3. The number of aromatic nitrogens is 2. The van der Waals surface area contributed by atoms with Crippen LogP contribution in [-0.2, 0) is 0 Å². The minimum Gasteiger partial charge on any atom is -0.495 e. The first kappa shape index (κ1) is 18.3. The molecule has 132 valence electrons. The number of hydrogen-bond acceptors (Lipinski definition) is 5. The number of ether oxygens (including phenoxy) is 1. The lowest BCUT2D eigenvalue weighted by Gasteiger charge is -2.17. The van der Waals surface area contributed by atoms with E-state index in [1.807, 2.05) is 13.0 Å². The zero-order valence-electron chi connectivity index (χ0n) is 14.5. The Bertz CT molecular complexity index is 1090. The number of nitriles is 1. The first-order valence-corrected chi connectivity index (χ1v) is 9.14. The summed E-state index contributed by atoms with van der Waals surface area (Å²) in [6.07, 6.45) is 0. The van der Waals surface area contributed by atoms with E-state index in [-0.39, 0.29) is 10.8 Å². The Morgan fingerprint density at radius 2 is 2.08 bits per heavy atom. The quantitative estimate of drug-likeness (QED) is 0.493. The zero-order valence-corrected chi connectivity index (χ0v) is 16.1. The zero-order chi connectivity index (χ0) is 18.8. The number of para-hydroxylation sites is 1. The van der Waals surface area contributed by atoms with Crippen LogP contribution >= 0.6 is 23.4 Å². The number of benzene rings is 2. The number of fused-ring (bicyclic) bond motifs is 1. The second-order valence-electron chi connectivity index (χ2n) is 5.71. The number of methoxy groups -OCH3 is 1. The molecule has 0 saturated heterocycles. The Kier molecular flexibility index (Phi) is 5.21. The number of aryl methyl sites for hydroxylation is 1. The molecule has 5 nitrogen and oxygen atoms in total. The van der Waals surface area contributed by atoms with Crippen molar-refractivity contribution < 1.29 is 4.74 Å². The fraction of sp³-hybridized carbons (Fsp3) is 0.211. The molecule has 1 aromatic heterocycles. The Hall–Kier alpha value is -2.49. The molecule has 0 aliphatic carbocycles. The van der Waals surface area contributed by atoms with E-state index in [1.54, 1.807) is 37.3 Å². The van der Waals surface area contributed by atoms with E-state index < -0.39 is 0 Å². The molecular weight excluding hydrogens is 370 g/mol. The Labute approximate surface area is 160 Å². The van der Waals surface area contributed by atoms with Crippen molar-refractivity contribution in [2.24, 2.45) is 0 Å². The molecule has 2 aromatic carbocycles. The van der Waals surface area contributed by atoms with Gasteiger partial charge in [0, 0.05) is 11.1 Å². The first-order chi connectivity index (χ1) is 12.5. The van der Waals surface area contributed by atoms with Crippen LogP contribution < -0.4 is 10.3 Å². The van der Waals surface area contributed by atoms with Gasteiger partial charge in [-0.05, 0) is 37.6 Å². The van der Waals surface area contributed by atoms with E-state index in [2.05, 4.69) is 11.1 Å². The van der Waals surface area contributed by atoms with Gasteiger partial charge in [0.1, 0.15) is 5.75 Å². The predicted molar refractivity (Wildman–Crippen MR) is 105 cm³/mol. The highest BCUT2D eigenvalue weighted by molar-refractivity contribution is 8.00. The molecular formula is C19H16ClN3O2S. The smallest absolute Gasteiger partial charge is 0.266 e. The summed E-state index contributed by atoms with van der Waals surface area (Å²) in [6, 6.07) is 12.8. The second kappa shape index (κ2) is 7.40. The van der Waals surface area contributed by atoms with Crippen molar-refractivity contribution in [2.45, 2.75) is 24.3 Å². The maximum Gasteiger partial charge on any atom is 0.266 e. The monoisotopic (exact) mass is 385 g/mol. The Morgan fingerprint density at radius 1 is 1.35 bits per heavy atom. The molecule has 0 aliphatic rings. The SMILES string of the molecule is COc1cc(Cl)c(C)cc1-n1c(S[C@H](C)C#N)nc2ccccc2c1=O. The van der Waals surface area contributed by atoms with Crippen LogP contribution in [-0.4, -0.2) is 21.9 Å². The highest BCUT2D eigenvalue weighted by Crippen LogP contribution is 2.32. The van der Waals surface area contributed by atoms with Crippen molar-refractivity contribution in [3.63, 3.8) is 0 Å². The summed E-state index contributed by atoms with van der Waals surface area (Å²) >= 11 is 7.43. The van der Waals surface area contributed by atoms with Gasteiger partial charge in [-0.15, -0.1) is 0 Å². The van der Waals surface area contributed by atoms with Gasteiger partial charge < -0.3 is 4.74 Å². The standard InChI is InChI=1S/C19H16ClN3O2S/c1-11-8-16(17(25-3)9-14(11)20)23-18(24)13-6-4-5-7-15(13)22-19(23)26-12(2)10-21/h4-9,12H,1-3H3/t12-/m1/s1.